The van der Waals surface area contributed by atoms with Crippen LogP contribution in [-0.4, -0.2) is 73.4 Å². The minimum Gasteiger partial charge on any atom is -0.456 e. The van der Waals surface area contributed by atoms with E-state index < -0.39 is 24.3 Å². The molecule has 2 aromatic rings. The molecule has 2 aliphatic carbocycles. The molecule has 10 heteroatoms. The first-order chi connectivity index (χ1) is 21.0. The standard InChI is InChI=1S/C33H36N2O8/c36-13-12-34-31(37)23-6-3-4-21(14-23)18-35-32(38)24-16-28-30(41-19-40-28)29(17-24)43-33(39)25-7-2-1-5-22(25)10-8-20-9-11-26-27(15-20)42-26/h1-8,10,14,16,20,26-30,36H,9,11-13,15,17-19H2,(H,34,37)(H,35,38)/t20?,26?,27?,28-,29-,30-/m1/s1. The van der Waals surface area contributed by atoms with E-state index >= 15 is 0 Å². The van der Waals surface area contributed by atoms with E-state index in [4.69, 9.17) is 24.1 Å². The number of nitrogens with one attached hydrogen (secondary N) is 2. The second-order valence-electron chi connectivity index (χ2n) is 11.3. The van der Waals surface area contributed by atoms with E-state index in [1.165, 1.54) is 0 Å². The van der Waals surface area contributed by atoms with E-state index in [0.29, 0.717) is 34.8 Å². The Labute approximate surface area is 250 Å². The van der Waals surface area contributed by atoms with E-state index in [-0.39, 0.29) is 44.7 Å². The fourth-order valence-electron chi connectivity index (χ4n) is 5.99. The summed E-state index contributed by atoms with van der Waals surface area (Å²) in [5, 5.41) is 14.4. The van der Waals surface area contributed by atoms with Crippen molar-refractivity contribution < 1.29 is 38.4 Å². The summed E-state index contributed by atoms with van der Waals surface area (Å²) >= 11 is 0. The molecule has 3 N–H and O–H groups in total. The number of ether oxygens (including phenoxy) is 4. The molecule has 1 saturated carbocycles. The molecular weight excluding hydrogens is 552 g/mol. The molecule has 2 aromatic carbocycles. The number of esters is 1. The van der Waals surface area contributed by atoms with E-state index in [9.17, 15) is 14.4 Å². The summed E-state index contributed by atoms with van der Waals surface area (Å²) in [7, 11) is 0. The Morgan fingerprint density at radius 2 is 1.88 bits per heavy atom. The molecule has 2 heterocycles. The lowest BCUT2D eigenvalue weighted by molar-refractivity contribution is -0.118. The van der Waals surface area contributed by atoms with Crippen molar-refractivity contribution in [3.63, 3.8) is 0 Å². The molecule has 2 amide bonds. The second-order valence-corrected chi connectivity index (χ2v) is 11.3. The highest BCUT2D eigenvalue weighted by Crippen LogP contribution is 2.40. The van der Waals surface area contributed by atoms with E-state index in [2.05, 4.69) is 16.7 Å². The summed E-state index contributed by atoms with van der Waals surface area (Å²) in [6.45, 7) is 0.255. The van der Waals surface area contributed by atoms with Crippen LogP contribution in [0.5, 0.6) is 0 Å². The third kappa shape index (κ3) is 7.05. The highest BCUT2D eigenvalue weighted by atomic mass is 16.7. The molecule has 4 aliphatic rings. The molecule has 43 heavy (non-hydrogen) atoms. The van der Waals surface area contributed by atoms with Crippen molar-refractivity contribution in [1.82, 2.24) is 10.6 Å². The molecule has 0 radical (unpaired) electrons. The van der Waals surface area contributed by atoms with Gasteiger partial charge in [-0.05, 0) is 60.6 Å². The monoisotopic (exact) mass is 588 g/mol. The van der Waals surface area contributed by atoms with Gasteiger partial charge in [-0.2, -0.15) is 0 Å². The molecule has 2 aliphatic heterocycles. The Balaban J connectivity index is 1.09. The molecule has 10 nitrogen and oxygen atoms in total. The summed E-state index contributed by atoms with van der Waals surface area (Å²) in [6.07, 6.45) is 8.32. The number of carbonyl (C=O) groups is 3. The van der Waals surface area contributed by atoms with Crippen molar-refractivity contribution in [2.75, 3.05) is 19.9 Å². The number of aliphatic hydroxyl groups excluding tert-OH is 1. The Bertz CT molecular complexity index is 1420. The van der Waals surface area contributed by atoms with Gasteiger partial charge in [0.1, 0.15) is 25.1 Å². The van der Waals surface area contributed by atoms with Crippen LogP contribution in [-0.2, 0) is 30.3 Å². The average molecular weight is 589 g/mol. The summed E-state index contributed by atoms with van der Waals surface area (Å²) < 4.78 is 23.1. The van der Waals surface area contributed by atoms with Crippen LogP contribution in [0.4, 0.5) is 0 Å². The van der Waals surface area contributed by atoms with Crippen molar-refractivity contribution in [1.29, 1.82) is 0 Å². The zero-order valence-corrected chi connectivity index (χ0v) is 23.8. The first-order valence-corrected chi connectivity index (χ1v) is 14.8. The minimum absolute atomic E-state index is 0.0478. The molecule has 3 fully saturated rings. The molecule has 0 aromatic heterocycles. The normalized spacial score (nSPS) is 27.5. The number of epoxide rings is 1. The van der Waals surface area contributed by atoms with Crippen LogP contribution < -0.4 is 10.6 Å². The number of hydrogen-bond acceptors (Lipinski definition) is 8. The van der Waals surface area contributed by atoms with E-state index in [0.717, 1.165) is 30.4 Å². The largest absolute Gasteiger partial charge is 0.456 e. The van der Waals surface area contributed by atoms with Gasteiger partial charge in [0, 0.05) is 30.6 Å². The highest BCUT2D eigenvalue weighted by Gasteiger charge is 2.44. The third-order valence-corrected chi connectivity index (χ3v) is 8.36. The topological polar surface area (TPSA) is 136 Å². The lowest BCUT2D eigenvalue weighted by atomic mass is 9.88. The predicted octanol–water partition coefficient (Wildman–Crippen LogP) is 2.90. The maximum Gasteiger partial charge on any atom is 0.339 e. The van der Waals surface area contributed by atoms with Gasteiger partial charge in [-0.3, -0.25) is 9.59 Å². The number of allylic oxidation sites excluding steroid dienone is 1. The van der Waals surface area contributed by atoms with Crippen molar-refractivity contribution >= 4 is 23.9 Å². The molecule has 2 saturated heterocycles. The van der Waals surface area contributed by atoms with Crippen LogP contribution in [0.1, 0.15) is 57.5 Å². The summed E-state index contributed by atoms with van der Waals surface area (Å²) in [5.74, 6) is -0.675. The first-order valence-electron chi connectivity index (χ1n) is 14.8. The van der Waals surface area contributed by atoms with Crippen LogP contribution in [0.15, 0.2) is 66.3 Å². The van der Waals surface area contributed by atoms with Gasteiger partial charge >= 0.3 is 5.97 Å². The number of aliphatic hydroxyl groups is 1. The van der Waals surface area contributed by atoms with Gasteiger partial charge in [0.15, 0.2) is 0 Å². The number of carbonyl (C=O) groups excluding carboxylic acids is 3. The third-order valence-electron chi connectivity index (χ3n) is 8.36. The SMILES string of the molecule is O=C(NCc1cccc(C(=O)NCCO)c1)C1=C[C@H]2OCO[C@H]2[C@H](OC(=O)c2ccccc2C=CC2CCC3OC3C2)C1. The van der Waals surface area contributed by atoms with Crippen LogP contribution in [0.3, 0.4) is 0 Å². The van der Waals surface area contributed by atoms with Crippen molar-refractivity contribution in [3.8, 4) is 0 Å². The number of rotatable bonds is 10. The zero-order chi connectivity index (χ0) is 29.8. The van der Waals surface area contributed by atoms with Gasteiger partial charge in [-0.15, -0.1) is 0 Å². The maximum atomic E-state index is 13.4. The first kappa shape index (κ1) is 29.3. The predicted molar refractivity (Wildman–Crippen MR) is 156 cm³/mol. The van der Waals surface area contributed by atoms with Crippen LogP contribution in [0.25, 0.3) is 6.08 Å². The average Bonchev–Trinajstić information content (AvgIpc) is 3.65. The second kappa shape index (κ2) is 13.2. The van der Waals surface area contributed by atoms with Gasteiger partial charge in [0.2, 0.25) is 5.91 Å². The smallest absolute Gasteiger partial charge is 0.339 e. The molecule has 6 atom stereocenters. The van der Waals surface area contributed by atoms with Gasteiger partial charge in [0.05, 0.1) is 24.4 Å². The minimum atomic E-state index is -0.705. The summed E-state index contributed by atoms with van der Waals surface area (Å²) in [5.41, 5.74) is 2.84. The lowest BCUT2D eigenvalue weighted by Crippen LogP contribution is -2.43. The van der Waals surface area contributed by atoms with E-state index in [1.807, 2.05) is 24.3 Å². The van der Waals surface area contributed by atoms with Crippen molar-refractivity contribution in [2.45, 2.75) is 62.7 Å². The lowest BCUT2D eigenvalue weighted by Gasteiger charge is -2.30. The Hall–Kier alpha value is -3.83. The molecule has 0 spiro atoms. The van der Waals surface area contributed by atoms with Crippen LogP contribution in [0, 0.1) is 5.92 Å². The van der Waals surface area contributed by atoms with Crippen LogP contribution in [0.2, 0.25) is 0 Å². The van der Waals surface area contributed by atoms with Gasteiger partial charge in [-0.1, -0.05) is 42.5 Å². The quantitative estimate of drug-likeness (QED) is 0.285. The Kier molecular flexibility index (Phi) is 8.99. The summed E-state index contributed by atoms with van der Waals surface area (Å²) in [6, 6.07) is 14.2. The molecule has 6 rings (SSSR count). The molecular formula is C33H36N2O8. The zero-order valence-electron chi connectivity index (χ0n) is 23.8. The number of amides is 2. The number of hydrogen-bond donors (Lipinski definition) is 3. The fourth-order valence-corrected chi connectivity index (χ4v) is 5.99. The fraction of sp³-hybridized carbons (Fsp3) is 0.424. The Morgan fingerprint density at radius 1 is 1.00 bits per heavy atom. The number of benzene rings is 2. The molecule has 3 unspecified atom stereocenters. The van der Waals surface area contributed by atoms with E-state index in [1.54, 1.807) is 36.4 Å². The number of fused-ring (bicyclic) bond motifs is 2. The van der Waals surface area contributed by atoms with Crippen LogP contribution >= 0.6 is 0 Å². The Morgan fingerprint density at radius 3 is 2.74 bits per heavy atom. The van der Waals surface area contributed by atoms with Crippen molar-refractivity contribution in [2.24, 2.45) is 5.92 Å². The molecule has 226 valence electrons. The van der Waals surface area contributed by atoms with Crippen molar-refractivity contribution in [3.05, 3.63) is 88.5 Å². The van der Waals surface area contributed by atoms with Gasteiger partial charge in [0.25, 0.3) is 5.91 Å². The maximum absolute atomic E-state index is 13.4. The van der Waals surface area contributed by atoms with Gasteiger partial charge in [-0.25, -0.2) is 4.79 Å². The molecule has 0 bridgehead atoms. The summed E-state index contributed by atoms with van der Waals surface area (Å²) in [4.78, 5) is 38.9. The highest BCUT2D eigenvalue weighted by molar-refractivity contribution is 5.96. The van der Waals surface area contributed by atoms with Gasteiger partial charge < -0.3 is 34.7 Å².